The summed E-state index contributed by atoms with van der Waals surface area (Å²) in [5.41, 5.74) is 13.3. The number of fused-ring (bicyclic) bond motifs is 21. The summed E-state index contributed by atoms with van der Waals surface area (Å²) < 4.78 is 31.2. The Labute approximate surface area is 338 Å². The first-order chi connectivity index (χ1) is 29.7. The summed E-state index contributed by atoms with van der Waals surface area (Å²) in [7, 11) is 0. The molecular weight excluding hydrogens is 741 g/mol. The van der Waals surface area contributed by atoms with Crippen LogP contribution in [0.2, 0.25) is 0 Å². The zero-order chi connectivity index (χ0) is 38.8. The van der Waals surface area contributed by atoms with E-state index >= 15 is 0 Å². The third-order valence-corrected chi connectivity index (χ3v) is 12.9. The van der Waals surface area contributed by atoms with E-state index < -0.39 is 0 Å². The summed E-state index contributed by atoms with van der Waals surface area (Å²) in [6, 6.07) is 59.8. The summed E-state index contributed by atoms with van der Waals surface area (Å²) in [5.74, 6) is 0. The molecule has 0 aliphatic rings. The fraction of sp³-hybridized carbons (Fsp3) is 0. The van der Waals surface area contributed by atoms with Gasteiger partial charge in [0.15, 0.2) is 0 Å². The average molecular weight is 769 g/mol. The molecule has 0 fully saturated rings. The molecule has 0 atom stereocenters. The summed E-state index contributed by atoms with van der Waals surface area (Å²) >= 11 is 0. The van der Waals surface area contributed by atoms with Gasteiger partial charge in [0.05, 0.1) is 38.2 Å². The van der Waals surface area contributed by atoms with Gasteiger partial charge in [-0.05, 0) is 97.1 Å². The molecule has 0 saturated carbocycles. The van der Waals surface area contributed by atoms with E-state index in [1.54, 1.807) is 0 Å². The highest BCUT2D eigenvalue weighted by Crippen LogP contribution is 2.45. The minimum atomic E-state index is 0.789. The zero-order valence-corrected chi connectivity index (χ0v) is 31.7. The van der Waals surface area contributed by atoms with Gasteiger partial charge in [0.2, 0.25) is 0 Å². The SMILES string of the molecule is c1ccc2c(c1)oc1c2ccc2c1c1ccccc1n2-c1ccc2oc3c(ccc4oc5ccc(-n6c7ccccc7c7c8oc9ccccc9c8ccc76)cc5c43)c2c1. The Morgan fingerprint density at radius 2 is 0.667 bits per heavy atom. The van der Waals surface area contributed by atoms with Crippen LogP contribution in [0.1, 0.15) is 0 Å². The largest absolute Gasteiger partial charge is 0.456 e. The lowest BCUT2D eigenvalue weighted by Gasteiger charge is -2.08. The number of hydrogen-bond donors (Lipinski definition) is 0. The first kappa shape index (κ1) is 30.9. The van der Waals surface area contributed by atoms with Gasteiger partial charge in [-0.1, -0.05) is 72.8 Å². The number of benzene rings is 9. The van der Waals surface area contributed by atoms with Crippen molar-refractivity contribution in [3.8, 4) is 11.4 Å². The lowest BCUT2D eigenvalue weighted by atomic mass is 10.1. The van der Waals surface area contributed by atoms with Crippen LogP contribution in [0.3, 0.4) is 0 Å². The van der Waals surface area contributed by atoms with E-state index in [1.807, 2.05) is 24.3 Å². The van der Waals surface area contributed by atoms with E-state index in [1.165, 1.54) is 0 Å². The topological polar surface area (TPSA) is 62.4 Å². The molecule has 0 amide bonds. The first-order valence-corrected chi connectivity index (χ1v) is 20.2. The fourth-order valence-corrected chi connectivity index (χ4v) is 10.4. The van der Waals surface area contributed by atoms with Gasteiger partial charge in [0.25, 0.3) is 0 Å². The molecule has 6 heteroatoms. The number of nitrogens with zero attached hydrogens (tertiary/aromatic N) is 2. The van der Waals surface area contributed by atoms with Crippen molar-refractivity contribution in [2.75, 3.05) is 0 Å². The molecule has 6 nitrogen and oxygen atoms in total. The van der Waals surface area contributed by atoms with Gasteiger partial charge in [-0.3, -0.25) is 0 Å². The van der Waals surface area contributed by atoms with Crippen LogP contribution in [0.5, 0.6) is 0 Å². The van der Waals surface area contributed by atoms with Crippen LogP contribution < -0.4 is 0 Å². The second-order valence-corrected chi connectivity index (χ2v) is 16.0. The van der Waals surface area contributed by atoms with Crippen LogP contribution >= 0.6 is 0 Å². The molecule has 0 unspecified atom stereocenters. The molecule has 6 aromatic heterocycles. The molecule has 0 N–H and O–H groups in total. The Kier molecular flexibility index (Phi) is 5.57. The number of para-hydroxylation sites is 4. The summed E-state index contributed by atoms with van der Waals surface area (Å²) in [6.07, 6.45) is 0. The quantitative estimate of drug-likeness (QED) is 0.176. The van der Waals surface area contributed by atoms with E-state index in [2.05, 4.69) is 155 Å². The molecule has 9 aromatic carbocycles. The number of furan rings is 4. The maximum absolute atomic E-state index is 6.82. The Morgan fingerprint density at radius 3 is 1.25 bits per heavy atom. The Hall–Kier alpha value is -8.22. The Balaban J connectivity index is 0.954. The highest BCUT2D eigenvalue weighted by molar-refractivity contribution is 6.26. The van der Waals surface area contributed by atoms with Gasteiger partial charge in [0.1, 0.15) is 44.7 Å². The summed E-state index contributed by atoms with van der Waals surface area (Å²) in [5, 5.41) is 13.1. The maximum Gasteiger partial charge on any atom is 0.147 e. The van der Waals surface area contributed by atoms with Crippen molar-refractivity contribution in [1.82, 2.24) is 9.13 Å². The van der Waals surface area contributed by atoms with E-state index in [0.29, 0.717) is 0 Å². The smallest absolute Gasteiger partial charge is 0.147 e. The van der Waals surface area contributed by atoms with Gasteiger partial charge in [0, 0.05) is 59.9 Å². The molecule has 0 spiro atoms. The van der Waals surface area contributed by atoms with E-state index in [4.69, 9.17) is 17.7 Å². The molecule has 0 radical (unpaired) electrons. The molecule has 15 rings (SSSR count). The minimum Gasteiger partial charge on any atom is -0.456 e. The monoisotopic (exact) mass is 768 g/mol. The van der Waals surface area contributed by atoms with Crippen LogP contribution in [0.4, 0.5) is 0 Å². The van der Waals surface area contributed by atoms with Gasteiger partial charge >= 0.3 is 0 Å². The summed E-state index contributed by atoms with van der Waals surface area (Å²) in [4.78, 5) is 0. The van der Waals surface area contributed by atoms with Gasteiger partial charge in [-0.15, -0.1) is 0 Å². The highest BCUT2D eigenvalue weighted by atomic mass is 16.3. The molecule has 0 aliphatic carbocycles. The van der Waals surface area contributed by atoms with Crippen molar-refractivity contribution in [3.05, 3.63) is 170 Å². The van der Waals surface area contributed by atoms with Crippen molar-refractivity contribution >= 4 is 131 Å². The lowest BCUT2D eigenvalue weighted by molar-refractivity contribution is 0.662. The fourth-order valence-electron chi connectivity index (χ4n) is 10.4. The van der Waals surface area contributed by atoms with Crippen LogP contribution in [0.25, 0.3) is 143 Å². The van der Waals surface area contributed by atoms with Crippen LogP contribution in [-0.2, 0) is 0 Å². The molecule has 0 saturated heterocycles. The second-order valence-electron chi connectivity index (χ2n) is 16.0. The molecule has 0 aliphatic heterocycles. The molecule has 278 valence electrons. The highest BCUT2D eigenvalue weighted by Gasteiger charge is 2.23. The third-order valence-electron chi connectivity index (χ3n) is 12.9. The van der Waals surface area contributed by atoms with Gasteiger partial charge < -0.3 is 26.8 Å². The van der Waals surface area contributed by atoms with Gasteiger partial charge in [-0.25, -0.2) is 0 Å². The van der Waals surface area contributed by atoms with Crippen molar-refractivity contribution in [2.24, 2.45) is 0 Å². The number of aromatic nitrogens is 2. The minimum absolute atomic E-state index is 0.789. The van der Waals surface area contributed by atoms with Gasteiger partial charge in [-0.2, -0.15) is 0 Å². The molecule has 60 heavy (non-hydrogen) atoms. The summed E-state index contributed by atoms with van der Waals surface area (Å²) in [6.45, 7) is 0. The van der Waals surface area contributed by atoms with Crippen molar-refractivity contribution < 1.29 is 17.7 Å². The Bertz CT molecular complexity index is 4370. The lowest BCUT2D eigenvalue weighted by Crippen LogP contribution is -1.93. The van der Waals surface area contributed by atoms with Crippen molar-refractivity contribution in [3.63, 3.8) is 0 Å². The van der Waals surface area contributed by atoms with Crippen molar-refractivity contribution in [1.29, 1.82) is 0 Å². The third kappa shape index (κ3) is 3.79. The number of hydrogen-bond acceptors (Lipinski definition) is 4. The van der Waals surface area contributed by atoms with Crippen LogP contribution in [0, 0.1) is 0 Å². The van der Waals surface area contributed by atoms with E-state index in [0.717, 1.165) is 143 Å². The second kappa shape index (κ2) is 10.8. The zero-order valence-electron chi connectivity index (χ0n) is 31.7. The van der Waals surface area contributed by atoms with E-state index in [9.17, 15) is 0 Å². The van der Waals surface area contributed by atoms with E-state index in [-0.39, 0.29) is 0 Å². The first-order valence-electron chi connectivity index (χ1n) is 20.2. The molecule has 0 bridgehead atoms. The van der Waals surface area contributed by atoms with Crippen LogP contribution in [-0.4, -0.2) is 9.13 Å². The molecule has 6 heterocycles. The van der Waals surface area contributed by atoms with Crippen LogP contribution in [0.15, 0.2) is 188 Å². The standard InChI is InChI=1S/C54H28N2O4/c1-5-13-40-36(11-1)49-42(22-19-33-31-9-3-7-15-44(31)58-52(33)49)55(40)29-17-24-46-38(27-29)35-21-26-48-51(54(35)60-46)39-28-30(18-25-47(39)57-48)56-41-14-6-2-12-37(41)50-43(56)23-20-34-32-10-4-8-16-45(32)59-53(34)50/h1-28H. The predicted molar refractivity (Wildman–Crippen MR) is 244 cm³/mol. The normalized spacial score (nSPS) is 12.7. The average Bonchev–Trinajstić information content (AvgIpc) is 4.14. The molecule has 15 aromatic rings. The van der Waals surface area contributed by atoms with Crippen molar-refractivity contribution in [2.45, 2.75) is 0 Å². The molecular formula is C54H28N2O4. The predicted octanol–water partition coefficient (Wildman–Crippen LogP) is 15.5. The number of rotatable bonds is 2. The maximum atomic E-state index is 6.82. The Morgan fingerprint density at radius 1 is 0.250 bits per heavy atom.